The number of carbonyl (C=O) groups is 2. The first-order valence-electron chi connectivity index (χ1n) is 8.00. The molecule has 1 aromatic rings. The average molecular weight is 375 g/mol. The number of rotatable bonds is 5. The lowest BCUT2D eigenvalue weighted by Crippen LogP contribution is -2.29. The van der Waals surface area contributed by atoms with Crippen LogP contribution in [-0.2, 0) is 19.1 Å². The van der Waals surface area contributed by atoms with Crippen LogP contribution in [0.15, 0.2) is 46.8 Å². The number of halogens is 1. The summed E-state index contributed by atoms with van der Waals surface area (Å²) in [5.74, 6) is -1.67. The highest BCUT2D eigenvalue weighted by atomic mass is 35.5. The predicted octanol–water partition coefficient (Wildman–Crippen LogP) is 3.20. The van der Waals surface area contributed by atoms with E-state index in [1.165, 1.54) is 6.92 Å². The van der Waals surface area contributed by atoms with Gasteiger partial charge in [0.15, 0.2) is 0 Å². The lowest BCUT2D eigenvalue weighted by Gasteiger charge is -2.29. The molecule has 1 aromatic carbocycles. The number of nitrogens with one attached hydrogen (secondary N) is 1. The van der Waals surface area contributed by atoms with E-state index in [1.54, 1.807) is 38.1 Å². The molecule has 1 heterocycles. The minimum absolute atomic E-state index is 0.0302. The molecule has 0 radical (unpaired) electrons. The van der Waals surface area contributed by atoms with E-state index < -0.39 is 17.9 Å². The molecule has 7 heteroatoms. The zero-order valence-electron chi connectivity index (χ0n) is 14.8. The quantitative estimate of drug-likeness (QED) is 0.629. The molecular formula is C19H19ClN2O4. The van der Waals surface area contributed by atoms with Crippen LogP contribution in [-0.4, -0.2) is 25.2 Å². The Morgan fingerprint density at radius 2 is 1.85 bits per heavy atom. The van der Waals surface area contributed by atoms with E-state index in [9.17, 15) is 14.9 Å². The van der Waals surface area contributed by atoms with Gasteiger partial charge in [-0.1, -0.05) is 29.8 Å². The lowest BCUT2D eigenvalue weighted by molar-refractivity contribution is -0.148. The van der Waals surface area contributed by atoms with E-state index in [0.717, 1.165) is 0 Å². The smallest absolute Gasteiger partial charge is 0.336 e. The molecule has 0 aromatic heterocycles. The van der Waals surface area contributed by atoms with Crippen LogP contribution in [0.4, 0.5) is 0 Å². The largest absolute Gasteiger partial charge is 0.462 e. The van der Waals surface area contributed by atoms with Crippen LogP contribution in [0.5, 0.6) is 0 Å². The second kappa shape index (κ2) is 8.54. The molecule has 0 fully saturated rings. The third kappa shape index (κ3) is 4.24. The van der Waals surface area contributed by atoms with Gasteiger partial charge in [0, 0.05) is 23.3 Å². The minimum Gasteiger partial charge on any atom is -0.462 e. The maximum absolute atomic E-state index is 12.7. The number of carbonyl (C=O) groups excluding carboxylic acids is 2. The summed E-state index contributed by atoms with van der Waals surface area (Å²) >= 11 is 6.32. The lowest BCUT2D eigenvalue weighted by atomic mass is 9.81. The Hall–Kier alpha value is -2.78. The molecule has 1 unspecified atom stereocenters. The molecule has 1 aliphatic heterocycles. The van der Waals surface area contributed by atoms with E-state index in [2.05, 4.69) is 11.4 Å². The fourth-order valence-electron chi connectivity index (χ4n) is 2.83. The van der Waals surface area contributed by atoms with Crippen molar-refractivity contribution in [3.05, 3.63) is 57.4 Å². The van der Waals surface area contributed by atoms with Gasteiger partial charge in [-0.15, -0.1) is 0 Å². The first-order valence-corrected chi connectivity index (χ1v) is 8.38. The highest BCUT2D eigenvalue weighted by Gasteiger charge is 2.35. The van der Waals surface area contributed by atoms with Crippen molar-refractivity contribution in [3.8, 4) is 6.07 Å². The highest BCUT2D eigenvalue weighted by Crippen LogP contribution is 2.40. The van der Waals surface area contributed by atoms with Crippen LogP contribution < -0.4 is 5.32 Å². The molecule has 0 saturated heterocycles. The zero-order chi connectivity index (χ0) is 19.3. The van der Waals surface area contributed by atoms with Crippen LogP contribution >= 0.6 is 11.6 Å². The second-order valence-electron chi connectivity index (χ2n) is 5.74. The number of nitrogens with zero attached hydrogens (tertiary/aromatic N) is 1. The molecule has 0 bridgehead atoms. The molecule has 0 aliphatic carbocycles. The summed E-state index contributed by atoms with van der Waals surface area (Å²) in [7, 11) is 0. The van der Waals surface area contributed by atoms with Gasteiger partial charge in [-0.25, -0.2) is 4.79 Å². The van der Waals surface area contributed by atoms with Gasteiger partial charge in [0.2, 0.25) is 0 Å². The predicted molar refractivity (Wildman–Crippen MR) is 95.9 cm³/mol. The van der Waals surface area contributed by atoms with E-state index in [0.29, 0.717) is 33.1 Å². The number of dihydropyridines is 1. The van der Waals surface area contributed by atoms with Gasteiger partial charge in [0.25, 0.3) is 0 Å². The van der Waals surface area contributed by atoms with Crippen molar-refractivity contribution in [2.45, 2.75) is 26.7 Å². The summed E-state index contributed by atoms with van der Waals surface area (Å²) in [6.45, 7) is 4.69. The summed E-state index contributed by atoms with van der Waals surface area (Å²) < 4.78 is 10.00. The molecular weight excluding hydrogens is 356 g/mol. The van der Waals surface area contributed by atoms with Crippen LogP contribution in [0.1, 0.15) is 32.3 Å². The molecule has 1 atom stereocenters. The van der Waals surface area contributed by atoms with Crippen LogP contribution in [0, 0.1) is 11.3 Å². The number of benzene rings is 1. The third-order valence-electron chi connectivity index (χ3n) is 3.94. The third-order valence-corrected chi connectivity index (χ3v) is 4.28. The normalized spacial score (nSPS) is 16.7. The molecule has 2 rings (SSSR count). The second-order valence-corrected chi connectivity index (χ2v) is 6.15. The van der Waals surface area contributed by atoms with Gasteiger partial charge >= 0.3 is 11.9 Å². The monoisotopic (exact) mass is 374 g/mol. The fourth-order valence-corrected chi connectivity index (χ4v) is 3.08. The summed E-state index contributed by atoms with van der Waals surface area (Å²) in [4.78, 5) is 23.5. The molecule has 1 N–H and O–H groups in total. The van der Waals surface area contributed by atoms with Gasteiger partial charge in [-0.3, -0.25) is 4.79 Å². The van der Waals surface area contributed by atoms with E-state index >= 15 is 0 Å². The van der Waals surface area contributed by atoms with Gasteiger partial charge in [-0.05, 0) is 25.5 Å². The number of allylic oxidation sites excluding steroid dienone is 3. The number of nitriles is 1. The van der Waals surface area contributed by atoms with Crippen molar-refractivity contribution in [2.24, 2.45) is 0 Å². The van der Waals surface area contributed by atoms with Crippen molar-refractivity contribution in [1.29, 1.82) is 5.26 Å². The molecule has 26 heavy (non-hydrogen) atoms. The molecule has 136 valence electrons. The van der Waals surface area contributed by atoms with Crippen molar-refractivity contribution in [1.82, 2.24) is 5.32 Å². The molecule has 0 spiro atoms. The van der Waals surface area contributed by atoms with Crippen LogP contribution in [0.2, 0.25) is 5.02 Å². The Morgan fingerprint density at radius 1 is 1.19 bits per heavy atom. The Bertz CT molecular complexity index is 836. The number of hydrogen-bond acceptors (Lipinski definition) is 6. The summed E-state index contributed by atoms with van der Waals surface area (Å²) in [6.07, 6.45) is 0. The summed E-state index contributed by atoms with van der Waals surface area (Å²) in [6, 6.07) is 9.23. The fraction of sp³-hybridized carbons (Fsp3) is 0.316. The van der Waals surface area contributed by atoms with Gasteiger partial charge in [-0.2, -0.15) is 5.26 Å². The summed E-state index contributed by atoms with van der Waals surface area (Å²) in [5, 5.41) is 13.1. The Kier molecular flexibility index (Phi) is 6.42. The standard InChI is InChI=1S/C19H19ClN2O4/c1-11-15(10-21)18(14-6-4-5-7-16(14)20)17(12(2)22-11)19(24)26-9-8-25-13(3)23/h4-7,18,22H,8-9H2,1-3H3. The molecule has 0 amide bonds. The Morgan fingerprint density at radius 3 is 2.46 bits per heavy atom. The first-order chi connectivity index (χ1) is 12.4. The maximum Gasteiger partial charge on any atom is 0.336 e. The zero-order valence-corrected chi connectivity index (χ0v) is 15.5. The topological polar surface area (TPSA) is 88.4 Å². The number of hydrogen-bond donors (Lipinski definition) is 1. The van der Waals surface area contributed by atoms with Crippen molar-refractivity contribution in [3.63, 3.8) is 0 Å². The van der Waals surface area contributed by atoms with Gasteiger partial charge in [0.1, 0.15) is 13.2 Å². The molecule has 6 nitrogen and oxygen atoms in total. The van der Waals surface area contributed by atoms with Crippen molar-refractivity contribution in [2.75, 3.05) is 13.2 Å². The minimum atomic E-state index is -0.629. The summed E-state index contributed by atoms with van der Waals surface area (Å²) in [5.41, 5.74) is 2.60. The maximum atomic E-state index is 12.7. The number of esters is 2. The van der Waals surface area contributed by atoms with E-state index in [4.69, 9.17) is 21.1 Å². The first kappa shape index (κ1) is 19.5. The van der Waals surface area contributed by atoms with E-state index in [1.807, 2.05) is 0 Å². The highest BCUT2D eigenvalue weighted by molar-refractivity contribution is 6.31. The SMILES string of the molecule is CC(=O)OCCOC(=O)C1=C(C)NC(C)=C(C#N)C1c1ccccc1Cl. The van der Waals surface area contributed by atoms with Crippen molar-refractivity contribution >= 4 is 23.5 Å². The average Bonchev–Trinajstić information content (AvgIpc) is 2.58. The Balaban J connectivity index is 2.37. The molecule has 0 saturated carbocycles. The van der Waals surface area contributed by atoms with Crippen LogP contribution in [0.25, 0.3) is 0 Å². The van der Waals surface area contributed by atoms with E-state index in [-0.39, 0.29) is 13.2 Å². The Labute approximate surface area is 157 Å². The molecule has 1 aliphatic rings. The number of ether oxygens (including phenoxy) is 2. The van der Waals surface area contributed by atoms with Gasteiger partial charge < -0.3 is 14.8 Å². The van der Waals surface area contributed by atoms with Gasteiger partial charge in [0.05, 0.1) is 23.1 Å². The van der Waals surface area contributed by atoms with Crippen LogP contribution in [0.3, 0.4) is 0 Å². The van der Waals surface area contributed by atoms with Crippen molar-refractivity contribution < 1.29 is 19.1 Å².